The zero-order valence-electron chi connectivity index (χ0n) is 9.51. The Kier molecular flexibility index (Phi) is 3.06. The van der Waals surface area contributed by atoms with E-state index in [4.69, 9.17) is 9.84 Å². The van der Waals surface area contributed by atoms with Crippen LogP contribution in [-0.4, -0.2) is 27.0 Å². The Morgan fingerprint density at radius 1 is 1.47 bits per heavy atom. The summed E-state index contributed by atoms with van der Waals surface area (Å²) in [6.45, 7) is 0.357. The summed E-state index contributed by atoms with van der Waals surface area (Å²) in [6, 6.07) is 2.80. The zero-order chi connectivity index (χ0) is 12.4. The maximum Gasteiger partial charge on any atom is 0.255 e. The molecule has 5 nitrogen and oxygen atoms in total. The molecule has 90 valence electrons. The van der Waals surface area contributed by atoms with E-state index in [1.54, 1.807) is 25.0 Å². The summed E-state index contributed by atoms with van der Waals surface area (Å²) < 4.78 is 19.9. The molecule has 2 aromatic heterocycles. The minimum absolute atomic E-state index is 0.357. The quantitative estimate of drug-likeness (QED) is 0.821. The predicted octanol–water partition coefficient (Wildman–Crippen LogP) is 1.47. The lowest BCUT2D eigenvalue weighted by molar-refractivity contribution is 0.178. The molecular formula is C11H12FN3O2. The number of aryl methyl sites for hydroxylation is 1. The standard InChI is InChI=1S/C11H12FN3O2/c1-15-9(6-17-2)7(5-13-15)8-3-4-10(16)11(12)14-8/h3-5,16H,6H2,1-2H3. The van der Waals surface area contributed by atoms with Gasteiger partial charge in [-0.05, 0) is 12.1 Å². The first-order valence-electron chi connectivity index (χ1n) is 4.99. The number of pyridine rings is 1. The molecular weight excluding hydrogens is 225 g/mol. The molecule has 2 rings (SSSR count). The monoisotopic (exact) mass is 237 g/mol. The number of aromatic nitrogens is 3. The van der Waals surface area contributed by atoms with Crippen LogP contribution in [0.5, 0.6) is 5.75 Å². The molecule has 0 atom stereocenters. The van der Waals surface area contributed by atoms with Gasteiger partial charge in [0, 0.05) is 19.7 Å². The van der Waals surface area contributed by atoms with Gasteiger partial charge >= 0.3 is 0 Å². The van der Waals surface area contributed by atoms with Crippen LogP contribution in [0.2, 0.25) is 0 Å². The van der Waals surface area contributed by atoms with Crippen molar-refractivity contribution in [1.29, 1.82) is 0 Å². The number of hydrogen-bond donors (Lipinski definition) is 1. The second kappa shape index (κ2) is 4.50. The molecule has 0 bridgehead atoms. The second-order valence-corrected chi connectivity index (χ2v) is 3.57. The van der Waals surface area contributed by atoms with E-state index < -0.39 is 11.7 Å². The van der Waals surface area contributed by atoms with Crippen LogP contribution >= 0.6 is 0 Å². The minimum Gasteiger partial charge on any atom is -0.504 e. The number of rotatable bonds is 3. The normalized spacial score (nSPS) is 10.8. The Hall–Kier alpha value is -1.95. The van der Waals surface area contributed by atoms with E-state index in [-0.39, 0.29) is 0 Å². The lowest BCUT2D eigenvalue weighted by Gasteiger charge is -2.05. The molecule has 2 aromatic rings. The largest absolute Gasteiger partial charge is 0.504 e. The molecule has 0 saturated heterocycles. The van der Waals surface area contributed by atoms with Gasteiger partial charge in [-0.3, -0.25) is 4.68 Å². The number of nitrogens with zero attached hydrogens (tertiary/aromatic N) is 3. The summed E-state index contributed by atoms with van der Waals surface area (Å²) in [7, 11) is 3.34. The van der Waals surface area contributed by atoms with E-state index in [0.717, 1.165) is 5.69 Å². The van der Waals surface area contributed by atoms with Gasteiger partial charge in [-0.25, -0.2) is 4.98 Å². The Balaban J connectivity index is 2.48. The van der Waals surface area contributed by atoms with Crippen molar-refractivity contribution in [2.24, 2.45) is 7.05 Å². The van der Waals surface area contributed by atoms with Crippen molar-refractivity contribution in [2.75, 3.05) is 7.11 Å². The molecule has 2 heterocycles. The molecule has 0 aliphatic carbocycles. The maximum absolute atomic E-state index is 13.2. The number of methoxy groups -OCH3 is 1. The Bertz CT molecular complexity index is 540. The molecule has 0 radical (unpaired) electrons. The van der Waals surface area contributed by atoms with E-state index in [1.807, 2.05) is 0 Å². The molecule has 17 heavy (non-hydrogen) atoms. The Morgan fingerprint density at radius 3 is 2.88 bits per heavy atom. The average molecular weight is 237 g/mol. The molecule has 0 saturated carbocycles. The van der Waals surface area contributed by atoms with Crippen LogP contribution in [0.4, 0.5) is 4.39 Å². The highest BCUT2D eigenvalue weighted by atomic mass is 19.1. The van der Waals surface area contributed by atoms with Gasteiger partial charge in [0.05, 0.1) is 24.2 Å². The molecule has 0 fully saturated rings. The van der Waals surface area contributed by atoms with Gasteiger partial charge in [-0.15, -0.1) is 0 Å². The molecule has 6 heteroatoms. The number of ether oxygens (including phenoxy) is 1. The van der Waals surface area contributed by atoms with Gasteiger partial charge in [0.2, 0.25) is 0 Å². The molecule has 1 N–H and O–H groups in total. The average Bonchev–Trinajstić information content (AvgIpc) is 2.66. The third-order valence-corrected chi connectivity index (χ3v) is 2.45. The van der Waals surface area contributed by atoms with Crippen molar-refractivity contribution >= 4 is 0 Å². The number of hydrogen-bond acceptors (Lipinski definition) is 4. The van der Waals surface area contributed by atoms with Crippen molar-refractivity contribution in [3.05, 3.63) is 30.0 Å². The van der Waals surface area contributed by atoms with E-state index in [9.17, 15) is 4.39 Å². The van der Waals surface area contributed by atoms with Gasteiger partial charge in [0.15, 0.2) is 5.75 Å². The highest BCUT2D eigenvalue weighted by Crippen LogP contribution is 2.24. The molecule has 0 aromatic carbocycles. The lowest BCUT2D eigenvalue weighted by Crippen LogP contribution is -2.01. The van der Waals surface area contributed by atoms with E-state index in [0.29, 0.717) is 17.9 Å². The van der Waals surface area contributed by atoms with Crippen molar-refractivity contribution in [2.45, 2.75) is 6.61 Å². The smallest absolute Gasteiger partial charge is 0.255 e. The predicted molar refractivity (Wildman–Crippen MR) is 58.8 cm³/mol. The van der Waals surface area contributed by atoms with Crippen LogP contribution < -0.4 is 0 Å². The van der Waals surface area contributed by atoms with Crippen LogP contribution in [0.3, 0.4) is 0 Å². The Morgan fingerprint density at radius 2 is 2.24 bits per heavy atom. The summed E-state index contributed by atoms with van der Waals surface area (Å²) in [4.78, 5) is 3.67. The number of halogens is 1. The van der Waals surface area contributed by atoms with Crippen LogP contribution in [0.25, 0.3) is 11.3 Å². The van der Waals surface area contributed by atoms with Crippen LogP contribution in [0.15, 0.2) is 18.3 Å². The summed E-state index contributed by atoms with van der Waals surface area (Å²) in [5, 5.41) is 13.2. The second-order valence-electron chi connectivity index (χ2n) is 3.57. The fourth-order valence-corrected chi connectivity index (χ4v) is 1.56. The first-order chi connectivity index (χ1) is 8.13. The summed E-state index contributed by atoms with van der Waals surface area (Å²) in [6.07, 6.45) is 1.59. The van der Waals surface area contributed by atoms with E-state index in [2.05, 4.69) is 10.1 Å². The molecule has 0 spiro atoms. The lowest BCUT2D eigenvalue weighted by atomic mass is 10.1. The van der Waals surface area contributed by atoms with Gasteiger partial charge in [-0.2, -0.15) is 9.49 Å². The molecule has 0 amide bonds. The SMILES string of the molecule is COCc1c(-c2ccc(O)c(F)n2)cnn1C. The molecule has 0 aliphatic heterocycles. The van der Waals surface area contributed by atoms with Gasteiger partial charge in [0.25, 0.3) is 5.95 Å². The van der Waals surface area contributed by atoms with Crippen LogP contribution in [-0.2, 0) is 18.4 Å². The first kappa shape index (κ1) is 11.5. The molecule has 0 unspecified atom stereocenters. The van der Waals surface area contributed by atoms with Crippen molar-refractivity contribution in [3.63, 3.8) is 0 Å². The van der Waals surface area contributed by atoms with Crippen LogP contribution in [0.1, 0.15) is 5.69 Å². The van der Waals surface area contributed by atoms with Gasteiger partial charge in [-0.1, -0.05) is 0 Å². The van der Waals surface area contributed by atoms with E-state index in [1.165, 1.54) is 12.1 Å². The number of aromatic hydroxyl groups is 1. The summed E-state index contributed by atoms with van der Waals surface area (Å²) in [5.74, 6) is -1.36. The van der Waals surface area contributed by atoms with Crippen molar-refractivity contribution in [3.8, 4) is 17.0 Å². The van der Waals surface area contributed by atoms with Gasteiger partial charge in [0.1, 0.15) is 0 Å². The summed E-state index contributed by atoms with van der Waals surface area (Å²) >= 11 is 0. The van der Waals surface area contributed by atoms with Crippen molar-refractivity contribution < 1.29 is 14.2 Å². The fraction of sp³-hybridized carbons (Fsp3) is 0.273. The highest BCUT2D eigenvalue weighted by Gasteiger charge is 2.13. The zero-order valence-corrected chi connectivity index (χ0v) is 9.51. The Labute approximate surface area is 97.5 Å². The molecule has 0 aliphatic rings. The van der Waals surface area contributed by atoms with Crippen LogP contribution in [0, 0.1) is 5.95 Å². The first-order valence-corrected chi connectivity index (χ1v) is 4.99. The van der Waals surface area contributed by atoms with Crippen molar-refractivity contribution in [1.82, 2.24) is 14.8 Å². The topological polar surface area (TPSA) is 60.2 Å². The van der Waals surface area contributed by atoms with E-state index >= 15 is 0 Å². The third-order valence-electron chi connectivity index (χ3n) is 2.45. The third kappa shape index (κ3) is 2.12. The fourth-order valence-electron chi connectivity index (χ4n) is 1.56. The van der Waals surface area contributed by atoms with Gasteiger partial charge < -0.3 is 9.84 Å². The summed E-state index contributed by atoms with van der Waals surface area (Å²) in [5.41, 5.74) is 1.90. The minimum atomic E-state index is -0.894. The highest BCUT2D eigenvalue weighted by molar-refractivity contribution is 5.61. The maximum atomic E-state index is 13.2.